The first-order valence-corrected chi connectivity index (χ1v) is 7.31. The van der Waals surface area contributed by atoms with Gasteiger partial charge in [0.2, 0.25) is 0 Å². The standard InChI is InChI=1S/C19H19NO3/c1-14(21)13-20-19(22)17-9-5-15(6-10-17)3-4-16-7-11-18(23-2)12-8-16/h5-12,14,21H,13H2,1-2H3,(H,20,22). The van der Waals surface area contributed by atoms with E-state index in [4.69, 9.17) is 9.84 Å². The molecule has 4 nitrogen and oxygen atoms in total. The van der Waals surface area contributed by atoms with E-state index >= 15 is 0 Å². The van der Waals surface area contributed by atoms with Crippen LogP contribution < -0.4 is 10.1 Å². The average Bonchev–Trinajstić information content (AvgIpc) is 2.58. The third-order valence-corrected chi connectivity index (χ3v) is 3.15. The van der Waals surface area contributed by atoms with Gasteiger partial charge in [0, 0.05) is 23.2 Å². The fourth-order valence-electron chi connectivity index (χ4n) is 1.87. The van der Waals surface area contributed by atoms with Crippen LogP contribution in [0.5, 0.6) is 5.75 Å². The fraction of sp³-hybridized carbons (Fsp3) is 0.211. The highest BCUT2D eigenvalue weighted by Crippen LogP contribution is 2.10. The van der Waals surface area contributed by atoms with Gasteiger partial charge in [0.05, 0.1) is 13.2 Å². The van der Waals surface area contributed by atoms with Crippen LogP contribution in [-0.4, -0.2) is 30.8 Å². The predicted molar refractivity (Wildman–Crippen MR) is 89.4 cm³/mol. The number of ether oxygens (including phenoxy) is 1. The lowest BCUT2D eigenvalue weighted by atomic mass is 10.1. The van der Waals surface area contributed by atoms with Crippen molar-refractivity contribution in [3.8, 4) is 17.6 Å². The second kappa shape index (κ2) is 8.02. The number of rotatable bonds is 4. The Kier molecular flexibility index (Phi) is 5.79. The summed E-state index contributed by atoms with van der Waals surface area (Å²) in [4.78, 5) is 11.8. The van der Waals surface area contributed by atoms with Gasteiger partial charge in [-0.1, -0.05) is 11.8 Å². The van der Waals surface area contributed by atoms with E-state index in [1.807, 2.05) is 24.3 Å². The summed E-state index contributed by atoms with van der Waals surface area (Å²) in [6.45, 7) is 1.86. The molecule has 0 aliphatic heterocycles. The largest absolute Gasteiger partial charge is 0.497 e. The third-order valence-electron chi connectivity index (χ3n) is 3.15. The van der Waals surface area contributed by atoms with E-state index in [1.165, 1.54) is 0 Å². The lowest BCUT2D eigenvalue weighted by molar-refractivity contribution is 0.0924. The van der Waals surface area contributed by atoms with Crippen LogP contribution >= 0.6 is 0 Å². The van der Waals surface area contributed by atoms with Crippen LogP contribution in [-0.2, 0) is 0 Å². The highest BCUT2D eigenvalue weighted by molar-refractivity contribution is 5.94. The Hall–Kier alpha value is -2.77. The van der Waals surface area contributed by atoms with Gasteiger partial charge < -0.3 is 15.2 Å². The Bertz CT molecular complexity index is 707. The molecule has 4 heteroatoms. The summed E-state index contributed by atoms with van der Waals surface area (Å²) in [5.74, 6) is 6.70. The quantitative estimate of drug-likeness (QED) is 0.851. The molecule has 23 heavy (non-hydrogen) atoms. The number of methoxy groups -OCH3 is 1. The van der Waals surface area contributed by atoms with Gasteiger partial charge in [-0.3, -0.25) is 4.79 Å². The number of benzene rings is 2. The molecule has 0 heterocycles. The topological polar surface area (TPSA) is 58.6 Å². The molecule has 0 radical (unpaired) electrons. The van der Waals surface area contributed by atoms with Crippen LogP contribution in [0, 0.1) is 11.8 Å². The van der Waals surface area contributed by atoms with Crippen molar-refractivity contribution in [2.24, 2.45) is 0 Å². The van der Waals surface area contributed by atoms with E-state index in [-0.39, 0.29) is 12.5 Å². The van der Waals surface area contributed by atoms with Crippen molar-refractivity contribution in [3.05, 3.63) is 65.2 Å². The summed E-state index contributed by atoms with van der Waals surface area (Å²) in [6.07, 6.45) is -0.561. The van der Waals surface area contributed by atoms with Crippen LogP contribution in [0.15, 0.2) is 48.5 Å². The second-order valence-corrected chi connectivity index (χ2v) is 5.11. The molecular weight excluding hydrogens is 290 g/mol. The average molecular weight is 309 g/mol. The van der Waals surface area contributed by atoms with E-state index in [2.05, 4.69) is 17.2 Å². The number of aliphatic hydroxyl groups excluding tert-OH is 1. The van der Waals surface area contributed by atoms with Crippen molar-refractivity contribution in [2.75, 3.05) is 13.7 Å². The molecule has 2 rings (SSSR count). The molecule has 0 saturated carbocycles. The van der Waals surface area contributed by atoms with Gasteiger partial charge in [-0.05, 0) is 55.5 Å². The SMILES string of the molecule is COc1ccc(C#Cc2ccc(C(=O)NCC(C)O)cc2)cc1. The highest BCUT2D eigenvalue weighted by atomic mass is 16.5. The monoisotopic (exact) mass is 309 g/mol. The molecule has 0 fully saturated rings. The molecule has 0 bridgehead atoms. The molecule has 2 aromatic carbocycles. The summed E-state index contributed by atoms with van der Waals surface area (Å²) in [5, 5.41) is 11.8. The summed E-state index contributed by atoms with van der Waals surface area (Å²) >= 11 is 0. The van der Waals surface area contributed by atoms with Crippen LogP contribution in [0.4, 0.5) is 0 Å². The molecule has 2 aromatic rings. The maximum absolute atomic E-state index is 11.8. The molecule has 1 unspecified atom stereocenters. The lowest BCUT2D eigenvalue weighted by Crippen LogP contribution is -2.30. The second-order valence-electron chi connectivity index (χ2n) is 5.11. The van der Waals surface area contributed by atoms with Crippen molar-refractivity contribution >= 4 is 5.91 Å². The fourth-order valence-corrected chi connectivity index (χ4v) is 1.87. The van der Waals surface area contributed by atoms with E-state index in [9.17, 15) is 4.79 Å². The number of hydrogen-bond donors (Lipinski definition) is 2. The Morgan fingerprint density at radius 1 is 1.09 bits per heavy atom. The molecule has 0 saturated heterocycles. The van der Waals surface area contributed by atoms with E-state index < -0.39 is 6.10 Å². The predicted octanol–water partition coefficient (Wildman–Crippen LogP) is 2.21. The third kappa shape index (κ3) is 5.17. The number of amides is 1. The Labute approximate surface area is 136 Å². The van der Waals surface area contributed by atoms with Crippen LogP contribution in [0.1, 0.15) is 28.4 Å². The molecule has 0 aliphatic rings. The number of nitrogens with one attached hydrogen (secondary N) is 1. The molecule has 1 atom stereocenters. The minimum absolute atomic E-state index is 0.208. The zero-order chi connectivity index (χ0) is 16.7. The minimum atomic E-state index is -0.561. The van der Waals surface area contributed by atoms with Crippen molar-refractivity contribution in [1.82, 2.24) is 5.32 Å². The first-order valence-electron chi connectivity index (χ1n) is 7.31. The number of hydrogen-bond acceptors (Lipinski definition) is 3. The number of carbonyl (C=O) groups excluding carboxylic acids is 1. The van der Waals surface area contributed by atoms with Gasteiger partial charge in [-0.2, -0.15) is 0 Å². The summed E-state index contributed by atoms with van der Waals surface area (Å²) in [6, 6.07) is 14.5. The maximum Gasteiger partial charge on any atom is 0.251 e. The smallest absolute Gasteiger partial charge is 0.251 e. The summed E-state index contributed by atoms with van der Waals surface area (Å²) in [7, 11) is 1.62. The van der Waals surface area contributed by atoms with E-state index in [1.54, 1.807) is 38.3 Å². The normalized spacial score (nSPS) is 11.1. The molecule has 0 aliphatic carbocycles. The van der Waals surface area contributed by atoms with Gasteiger partial charge in [0.1, 0.15) is 5.75 Å². The first kappa shape index (κ1) is 16.6. The van der Waals surface area contributed by atoms with Gasteiger partial charge in [-0.25, -0.2) is 0 Å². The molecule has 0 aromatic heterocycles. The number of carbonyl (C=O) groups is 1. The van der Waals surface area contributed by atoms with Gasteiger partial charge in [-0.15, -0.1) is 0 Å². The molecule has 2 N–H and O–H groups in total. The zero-order valence-electron chi connectivity index (χ0n) is 13.2. The summed E-state index contributed by atoms with van der Waals surface area (Å²) in [5.41, 5.74) is 2.26. The summed E-state index contributed by atoms with van der Waals surface area (Å²) < 4.78 is 5.10. The van der Waals surface area contributed by atoms with Gasteiger partial charge in [0.15, 0.2) is 0 Å². The van der Waals surface area contributed by atoms with Crippen LogP contribution in [0.3, 0.4) is 0 Å². The molecule has 0 spiro atoms. The first-order chi connectivity index (χ1) is 11.1. The molecule has 118 valence electrons. The minimum Gasteiger partial charge on any atom is -0.497 e. The van der Waals surface area contributed by atoms with Gasteiger partial charge in [0.25, 0.3) is 5.91 Å². The van der Waals surface area contributed by atoms with Gasteiger partial charge >= 0.3 is 0 Å². The van der Waals surface area contributed by atoms with E-state index in [0.29, 0.717) is 5.56 Å². The highest BCUT2D eigenvalue weighted by Gasteiger charge is 2.05. The molecule has 1 amide bonds. The number of aliphatic hydroxyl groups is 1. The Morgan fingerprint density at radius 2 is 1.61 bits per heavy atom. The Balaban J connectivity index is 2.02. The van der Waals surface area contributed by atoms with Crippen molar-refractivity contribution < 1.29 is 14.6 Å². The van der Waals surface area contributed by atoms with Crippen molar-refractivity contribution in [2.45, 2.75) is 13.0 Å². The molecular formula is C19H19NO3. The Morgan fingerprint density at radius 3 is 2.09 bits per heavy atom. The van der Waals surface area contributed by atoms with Crippen LogP contribution in [0.2, 0.25) is 0 Å². The lowest BCUT2D eigenvalue weighted by Gasteiger charge is -2.06. The van der Waals surface area contributed by atoms with Crippen molar-refractivity contribution in [3.63, 3.8) is 0 Å². The van der Waals surface area contributed by atoms with Crippen molar-refractivity contribution in [1.29, 1.82) is 0 Å². The maximum atomic E-state index is 11.8. The van der Waals surface area contributed by atoms with Crippen LogP contribution in [0.25, 0.3) is 0 Å². The zero-order valence-corrected chi connectivity index (χ0v) is 13.2. The van der Waals surface area contributed by atoms with E-state index in [0.717, 1.165) is 16.9 Å².